The van der Waals surface area contributed by atoms with E-state index in [4.69, 9.17) is 9.97 Å². The monoisotopic (exact) mass is 701 g/mol. The van der Waals surface area contributed by atoms with Crippen molar-refractivity contribution in [2.45, 2.75) is 5.41 Å². The summed E-state index contributed by atoms with van der Waals surface area (Å²) >= 11 is 0. The van der Waals surface area contributed by atoms with Crippen molar-refractivity contribution in [3.05, 3.63) is 235 Å². The molecule has 0 atom stereocenters. The highest BCUT2D eigenvalue weighted by Gasteiger charge is 2.46. The molecule has 9 aromatic rings. The van der Waals surface area contributed by atoms with Crippen LogP contribution in [0.2, 0.25) is 0 Å². The first-order valence-electron chi connectivity index (χ1n) is 18.7. The van der Waals surface area contributed by atoms with Gasteiger partial charge in [-0.25, -0.2) is 9.97 Å². The van der Waals surface area contributed by atoms with E-state index in [1.54, 1.807) is 6.20 Å². The van der Waals surface area contributed by atoms with Gasteiger partial charge >= 0.3 is 0 Å². The largest absolute Gasteiger partial charge is 0.264 e. The second-order valence-corrected chi connectivity index (χ2v) is 14.0. The Labute approximate surface area is 321 Å². The van der Waals surface area contributed by atoms with E-state index in [-0.39, 0.29) is 0 Å². The molecule has 1 aliphatic carbocycles. The van der Waals surface area contributed by atoms with Gasteiger partial charge in [-0.2, -0.15) is 0 Å². The summed E-state index contributed by atoms with van der Waals surface area (Å²) in [5.41, 5.74) is 16.6. The fourth-order valence-electron chi connectivity index (χ4n) is 8.28. The Kier molecular flexibility index (Phi) is 8.04. The summed E-state index contributed by atoms with van der Waals surface area (Å²) in [6.45, 7) is 0. The van der Waals surface area contributed by atoms with Crippen molar-refractivity contribution < 1.29 is 0 Å². The minimum absolute atomic E-state index is 0.439. The van der Waals surface area contributed by atoms with Crippen LogP contribution in [0.15, 0.2) is 213 Å². The van der Waals surface area contributed by atoms with Crippen LogP contribution in [0, 0.1) is 0 Å². The van der Waals surface area contributed by atoms with Crippen molar-refractivity contribution in [3.63, 3.8) is 0 Å². The summed E-state index contributed by atoms with van der Waals surface area (Å²) in [5.74, 6) is 0.699. The number of pyridine rings is 1. The fourth-order valence-corrected chi connectivity index (χ4v) is 8.28. The van der Waals surface area contributed by atoms with Gasteiger partial charge in [-0.1, -0.05) is 182 Å². The van der Waals surface area contributed by atoms with Gasteiger partial charge in [0.05, 0.1) is 16.8 Å². The molecule has 0 fully saturated rings. The molecule has 10 rings (SSSR count). The Hall–Kier alpha value is -7.23. The minimum atomic E-state index is -0.439. The van der Waals surface area contributed by atoms with Crippen molar-refractivity contribution in [2.75, 3.05) is 0 Å². The first kappa shape index (κ1) is 32.4. The molecule has 0 unspecified atom stereocenters. The van der Waals surface area contributed by atoms with Gasteiger partial charge in [0.25, 0.3) is 0 Å². The van der Waals surface area contributed by atoms with Crippen LogP contribution in [0.25, 0.3) is 67.3 Å². The van der Waals surface area contributed by atoms with Crippen LogP contribution in [0.4, 0.5) is 0 Å². The van der Waals surface area contributed by atoms with Gasteiger partial charge in [0.15, 0.2) is 5.82 Å². The maximum absolute atomic E-state index is 5.10. The van der Waals surface area contributed by atoms with Gasteiger partial charge < -0.3 is 0 Å². The lowest BCUT2D eigenvalue weighted by Crippen LogP contribution is -2.28. The van der Waals surface area contributed by atoms with Gasteiger partial charge in [0.2, 0.25) is 0 Å². The number of nitrogens with zero attached hydrogens (tertiary/aromatic N) is 3. The summed E-state index contributed by atoms with van der Waals surface area (Å²) in [6, 6.07) is 71.5. The van der Waals surface area contributed by atoms with Crippen molar-refractivity contribution in [2.24, 2.45) is 0 Å². The van der Waals surface area contributed by atoms with Crippen LogP contribution >= 0.6 is 0 Å². The normalized spacial score (nSPS) is 12.5. The SMILES string of the molecule is c1ccc(-c2nc(-c3ccc(-c4cccnc4)cc3)cc(-c3ccc(-c4ccc5c(c4)C(c4ccccc4)(c4ccccc4)c4ccccc4-5)cc3)n2)cc1. The van der Waals surface area contributed by atoms with E-state index < -0.39 is 5.41 Å². The molecule has 1 aliphatic rings. The molecule has 2 aromatic heterocycles. The Morgan fingerprint density at radius 2 is 0.818 bits per heavy atom. The first-order valence-corrected chi connectivity index (χ1v) is 18.7. The van der Waals surface area contributed by atoms with Gasteiger partial charge in [-0.15, -0.1) is 0 Å². The molecule has 7 aromatic carbocycles. The first-order chi connectivity index (χ1) is 27.3. The van der Waals surface area contributed by atoms with E-state index in [0.29, 0.717) is 5.82 Å². The average Bonchev–Trinajstić information content (AvgIpc) is 3.58. The molecule has 2 heterocycles. The second kappa shape index (κ2) is 13.6. The number of hydrogen-bond acceptors (Lipinski definition) is 3. The predicted octanol–water partition coefficient (Wildman–Crippen LogP) is 12.6. The minimum Gasteiger partial charge on any atom is -0.264 e. The van der Waals surface area contributed by atoms with E-state index in [0.717, 1.165) is 44.8 Å². The molecule has 0 radical (unpaired) electrons. The van der Waals surface area contributed by atoms with Gasteiger partial charge in [0.1, 0.15) is 0 Å². The molecule has 0 amide bonds. The summed E-state index contributed by atoms with van der Waals surface area (Å²) in [7, 11) is 0. The number of aromatic nitrogens is 3. The summed E-state index contributed by atoms with van der Waals surface area (Å²) < 4.78 is 0. The Balaban J connectivity index is 1.06. The number of fused-ring (bicyclic) bond motifs is 3. The van der Waals surface area contributed by atoms with Gasteiger partial charge in [-0.3, -0.25) is 4.98 Å². The molecular formula is C52H35N3. The molecule has 3 heteroatoms. The lowest BCUT2D eigenvalue weighted by molar-refractivity contribution is 0.769. The van der Waals surface area contributed by atoms with Crippen LogP contribution in [-0.4, -0.2) is 15.0 Å². The van der Waals surface area contributed by atoms with Crippen LogP contribution in [0.5, 0.6) is 0 Å². The van der Waals surface area contributed by atoms with Gasteiger partial charge in [0, 0.05) is 29.1 Å². The quantitative estimate of drug-likeness (QED) is 0.166. The highest BCUT2D eigenvalue weighted by atomic mass is 14.9. The third-order valence-electron chi connectivity index (χ3n) is 10.9. The van der Waals surface area contributed by atoms with Gasteiger partial charge in [-0.05, 0) is 73.8 Å². The van der Waals surface area contributed by atoms with Crippen LogP contribution in [0.3, 0.4) is 0 Å². The molecule has 0 spiro atoms. The van der Waals surface area contributed by atoms with Crippen LogP contribution in [-0.2, 0) is 5.41 Å². The Morgan fingerprint density at radius 1 is 0.327 bits per heavy atom. The molecule has 0 bridgehead atoms. The molecule has 258 valence electrons. The molecule has 55 heavy (non-hydrogen) atoms. The van der Waals surface area contributed by atoms with E-state index >= 15 is 0 Å². The maximum Gasteiger partial charge on any atom is 0.160 e. The molecule has 3 nitrogen and oxygen atoms in total. The third-order valence-corrected chi connectivity index (χ3v) is 10.9. The lowest BCUT2D eigenvalue weighted by atomic mass is 9.67. The molecule has 0 saturated carbocycles. The lowest BCUT2D eigenvalue weighted by Gasteiger charge is -2.34. The predicted molar refractivity (Wildman–Crippen MR) is 224 cm³/mol. The van der Waals surface area contributed by atoms with E-state index in [2.05, 4.69) is 181 Å². The van der Waals surface area contributed by atoms with Crippen molar-refractivity contribution >= 4 is 0 Å². The molecule has 0 saturated heterocycles. The van der Waals surface area contributed by atoms with E-state index in [9.17, 15) is 0 Å². The maximum atomic E-state index is 5.10. The highest BCUT2D eigenvalue weighted by molar-refractivity contribution is 5.88. The zero-order valence-corrected chi connectivity index (χ0v) is 30.0. The smallest absolute Gasteiger partial charge is 0.160 e. The molecule has 0 N–H and O–H groups in total. The standard InChI is InChI=1S/C52H35N3/c1-4-13-40(14-5-1)51-54-49(34-50(55-51)39-28-24-37(25-29-39)42-15-12-32-53-35-42)38-26-22-36(23-27-38)41-30-31-46-45-20-10-11-21-47(45)52(48(46)33-41,43-16-6-2-7-17-43)44-18-8-3-9-19-44/h1-35H. The topological polar surface area (TPSA) is 38.7 Å². The fraction of sp³-hybridized carbons (Fsp3) is 0.0192. The Bertz CT molecular complexity index is 2720. The summed E-state index contributed by atoms with van der Waals surface area (Å²) in [6.07, 6.45) is 3.69. The zero-order valence-electron chi connectivity index (χ0n) is 30.0. The van der Waals surface area contributed by atoms with Crippen molar-refractivity contribution in [3.8, 4) is 67.3 Å². The van der Waals surface area contributed by atoms with Crippen molar-refractivity contribution in [1.29, 1.82) is 0 Å². The van der Waals surface area contributed by atoms with Crippen molar-refractivity contribution in [1.82, 2.24) is 15.0 Å². The van der Waals surface area contributed by atoms with E-state index in [1.165, 1.54) is 38.9 Å². The number of hydrogen-bond donors (Lipinski definition) is 0. The molecule has 0 aliphatic heterocycles. The number of rotatable bonds is 7. The summed E-state index contributed by atoms with van der Waals surface area (Å²) in [4.78, 5) is 14.5. The number of benzene rings is 7. The third kappa shape index (κ3) is 5.65. The van der Waals surface area contributed by atoms with E-state index in [1.807, 2.05) is 30.5 Å². The van der Waals surface area contributed by atoms with Crippen LogP contribution < -0.4 is 0 Å². The summed E-state index contributed by atoms with van der Waals surface area (Å²) in [5, 5.41) is 0. The van der Waals surface area contributed by atoms with Crippen LogP contribution in [0.1, 0.15) is 22.3 Å². The zero-order chi connectivity index (χ0) is 36.6. The average molecular weight is 702 g/mol. The second-order valence-electron chi connectivity index (χ2n) is 14.0. The molecular weight excluding hydrogens is 667 g/mol. The highest BCUT2D eigenvalue weighted by Crippen LogP contribution is 2.56. The Morgan fingerprint density at radius 3 is 1.42 bits per heavy atom.